The molecule has 120 valence electrons. The number of allylic oxidation sites excluding steroid dienone is 2. The van der Waals surface area contributed by atoms with Gasteiger partial charge in [0.25, 0.3) is 0 Å². The SMILES string of the molecule is CNC(=O)C(CSC1CCCC(O)C1)CC1=CCCCC1. The van der Waals surface area contributed by atoms with E-state index in [1.54, 1.807) is 7.05 Å². The van der Waals surface area contributed by atoms with Crippen molar-refractivity contribution in [1.29, 1.82) is 0 Å². The number of thioether (sulfide) groups is 1. The zero-order valence-electron chi connectivity index (χ0n) is 13.1. The molecule has 0 aromatic heterocycles. The van der Waals surface area contributed by atoms with E-state index < -0.39 is 0 Å². The minimum absolute atomic E-state index is 0.0865. The fraction of sp³-hybridized carbons (Fsp3) is 0.824. The van der Waals surface area contributed by atoms with E-state index >= 15 is 0 Å². The molecule has 0 heterocycles. The molecule has 0 bridgehead atoms. The molecule has 1 saturated carbocycles. The maximum atomic E-state index is 12.1. The Morgan fingerprint density at radius 1 is 1.43 bits per heavy atom. The molecule has 0 saturated heterocycles. The van der Waals surface area contributed by atoms with E-state index in [1.165, 1.54) is 37.7 Å². The van der Waals surface area contributed by atoms with E-state index in [9.17, 15) is 9.90 Å². The van der Waals surface area contributed by atoms with Crippen LogP contribution in [0.2, 0.25) is 0 Å². The van der Waals surface area contributed by atoms with Crippen LogP contribution in [0.25, 0.3) is 0 Å². The summed E-state index contributed by atoms with van der Waals surface area (Å²) in [6.45, 7) is 0. The van der Waals surface area contributed by atoms with Gasteiger partial charge in [-0.3, -0.25) is 4.79 Å². The van der Waals surface area contributed by atoms with Crippen LogP contribution in [0.15, 0.2) is 11.6 Å². The van der Waals surface area contributed by atoms with Crippen LogP contribution in [-0.2, 0) is 4.79 Å². The summed E-state index contributed by atoms with van der Waals surface area (Å²) >= 11 is 1.89. The molecule has 1 fully saturated rings. The zero-order chi connectivity index (χ0) is 15.1. The first-order chi connectivity index (χ1) is 10.2. The molecule has 2 N–H and O–H groups in total. The minimum atomic E-state index is -0.129. The molecule has 0 radical (unpaired) electrons. The van der Waals surface area contributed by atoms with Crippen molar-refractivity contribution in [1.82, 2.24) is 5.32 Å². The van der Waals surface area contributed by atoms with Gasteiger partial charge >= 0.3 is 0 Å². The summed E-state index contributed by atoms with van der Waals surface area (Å²) in [7, 11) is 1.74. The fourth-order valence-electron chi connectivity index (χ4n) is 3.36. The van der Waals surface area contributed by atoms with Gasteiger partial charge in [0, 0.05) is 18.1 Å². The molecule has 4 heteroatoms. The van der Waals surface area contributed by atoms with Gasteiger partial charge in [-0.05, 0) is 57.8 Å². The number of hydrogen-bond donors (Lipinski definition) is 2. The smallest absolute Gasteiger partial charge is 0.224 e. The summed E-state index contributed by atoms with van der Waals surface area (Å²) in [4.78, 5) is 12.1. The van der Waals surface area contributed by atoms with Crippen molar-refractivity contribution < 1.29 is 9.90 Å². The maximum absolute atomic E-state index is 12.1. The molecule has 0 aromatic carbocycles. The Morgan fingerprint density at radius 2 is 2.29 bits per heavy atom. The van der Waals surface area contributed by atoms with Crippen LogP contribution in [-0.4, -0.2) is 35.2 Å². The third-order valence-electron chi connectivity index (χ3n) is 4.64. The molecule has 2 aliphatic carbocycles. The summed E-state index contributed by atoms with van der Waals surface area (Å²) in [6.07, 6.45) is 12.2. The third kappa shape index (κ3) is 5.67. The number of amides is 1. The first-order valence-corrected chi connectivity index (χ1v) is 9.43. The second-order valence-corrected chi connectivity index (χ2v) is 7.73. The lowest BCUT2D eigenvalue weighted by Crippen LogP contribution is -2.31. The molecule has 0 spiro atoms. The molecule has 0 aliphatic heterocycles. The van der Waals surface area contributed by atoms with E-state index in [4.69, 9.17) is 0 Å². The van der Waals surface area contributed by atoms with Crippen molar-refractivity contribution in [2.45, 2.75) is 69.1 Å². The lowest BCUT2D eigenvalue weighted by molar-refractivity contribution is -0.123. The van der Waals surface area contributed by atoms with Crippen molar-refractivity contribution in [3.8, 4) is 0 Å². The van der Waals surface area contributed by atoms with Crippen molar-refractivity contribution in [3.05, 3.63) is 11.6 Å². The molecule has 3 unspecified atom stereocenters. The van der Waals surface area contributed by atoms with Gasteiger partial charge in [-0.15, -0.1) is 0 Å². The lowest BCUT2D eigenvalue weighted by Gasteiger charge is -2.27. The van der Waals surface area contributed by atoms with E-state index in [2.05, 4.69) is 11.4 Å². The Labute approximate surface area is 133 Å². The second-order valence-electron chi connectivity index (χ2n) is 6.40. The zero-order valence-corrected chi connectivity index (χ0v) is 14.0. The lowest BCUT2D eigenvalue weighted by atomic mass is 9.91. The Morgan fingerprint density at radius 3 is 2.95 bits per heavy atom. The number of carbonyl (C=O) groups excluding carboxylic acids is 1. The Hall–Kier alpha value is -0.480. The van der Waals surface area contributed by atoms with Gasteiger partial charge in [0.05, 0.1) is 12.0 Å². The standard InChI is InChI=1S/C17H29NO2S/c1-18-17(20)14(10-13-6-3-2-4-7-13)12-21-16-9-5-8-15(19)11-16/h6,14-16,19H,2-5,7-12H2,1H3,(H,18,20). The number of nitrogens with one attached hydrogen (secondary N) is 1. The Balaban J connectivity index is 1.84. The van der Waals surface area contributed by atoms with Crippen LogP contribution < -0.4 is 5.32 Å². The van der Waals surface area contributed by atoms with E-state index in [-0.39, 0.29) is 17.9 Å². The maximum Gasteiger partial charge on any atom is 0.224 e. The van der Waals surface area contributed by atoms with Crippen molar-refractivity contribution in [3.63, 3.8) is 0 Å². The number of carbonyl (C=O) groups is 1. The van der Waals surface area contributed by atoms with Gasteiger partial charge in [0.1, 0.15) is 0 Å². The number of aliphatic hydroxyl groups is 1. The highest BCUT2D eigenvalue weighted by molar-refractivity contribution is 7.99. The molecule has 2 rings (SSSR count). The highest BCUT2D eigenvalue weighted by atomic mass is 32.2. The van der Waals surface area contributed by atoms with Crippen molar-refractivity contribution >= 4 is 17.7 Å². The molecule has 3 atom stereocenters. The molecular weight excluding hydrogens is 282 g/mol. The predicted molar refractivity (Wildman–Crippen MR) is 89.4 cm³/mol. The second kappa shape index (κ2) is 8.84. The third-order valence-corrected chi connectivity index (χ3v) is 6.14. The molecule has 1 amide bonds. The van der Waals surface area contributed by atoms with Gasteiger partial charge in [-0.25, -0.2) is 0 Å². The van der Waals surface area contributed by atoms with E-state index in [0.29, 0.717) is 5.25 Å². The van der Waals surface area contributed by atoms with Crippen LogP contribution in [0, 0.1) is 5.92 Å². The van der Waals surface area contributed by atoms with Crippen LogP contribution >= 0.6 is 11.8 Å². The first kappa shape index (κ1) is 16.9. The van der Waals surface area contributed by atoms with E-state index in [0.717, 1.165) is 31.4 Å². The molecule has 0 aromatic rings. The summed E-state index contributed by atoms with van der Waals surface area (Å²) in [5.41, 5.74) is 1.47. The summed E-state index contributed by atoms with van der Waals surface area (Å²) in [6, 6.07) is 0. The van der Waals surface area contributed by atoms with Gasteiger partial charge in [0.15, 0.2) is 0 Å². The molecular formula is C17H29NO2S. The summed E-state index contributed by atoms with van der Waals surface area (Å²) in [5, 5.41) is 13.1. The average molecular weight is 311 g/mol. The highest BCUT2D eigenvalue weighted by Gasteiger charge is 2.25. The fourth-order valence-corrected chi connectivity index (χ4v) is 4.83. The first-order valence-electron chi connectivity index (χ1n) is 8.38. The van der Waals surface area contributed by atoms with Gasteiger partial charge in [0.2, 0.25) is 5.91 Å². The number of hydrogen-bond acceptors (Lipinski definition) is 3. The Kier molecular flexibility index (Phi) is 7.11. The van der Waals surface area contributed by atoms with Gasteiger partial charge in [-0.2, -0.15) is 11.8 Å². The molecule has 2 aliphatic rings. The van der Waals surface area contributed by atoms with E-state index in [1.807, 2.05) is 11.8 Å². The van der Waals surface area contributed by atoms with Crippen molar-refractivity contribution in [2.24, 2.45) is 5.92 Å². The van der Waals surface area contributed by atoms with Gasteiger partial charge in [-0.1, -0.05) is 11.6 Å². The monoisotopic (exact) mass is 311 g/mol. The predicted octanol–water partition coefficient (Wildman–Crippen LogP) is 3.28. The minimum Gasteiger partial charge on any atom is -0.393 e. The topological polar surface area (TPSA) is 49.3 Å². The molecule has 21 heavy (non-hydrogen) atoms. The largest absolute Gasteiger partial charge is 0.393 e. The number of aliphatic hydroxyl groups excluding tert-OH is 1. The van der Waals surface area contributed by atoms with Crippen LogP contribution in [0.4, 0.5) is 0 Å². The Bertz CT molecular complexity index is 370. The average Bonchev–Trinajstić information content (AvgIpc) is 2.51. The molecule has 3 nitrogen and oxygen atoms in total. The highest BCUT2D eigenvalue weighted by Crippen LogP contribution is 2.32. The van der Waals surface area contributed by atoms with Crippen LogP contribution in [0.5, 0.6) is 0 Å². The van der Waals surface area contributed by atoms with Crippen molar-refractivity contribution in [2.75, 3.05) is 12.8 Å². The number of rotatable bonds is 6. The summed E-state index contributed by atoms with van der Waals surface area (Å²) in [5.74, 6) is 1.14. The summed E-state index contributed by atoms with van der Waals surface area (Å²) < 4.78 is 0. The van der Waals surface area contributed by atoms with Crippen LogP contribution in [0.3, 0.4) is 0 Å². The van der Waals surface area contributed by atoms with Gasteiger partial charge < -0.3 is 10.4 Å². The normalized spacial score (nSPS) is 27.8. The quantitative estimate of drug-likeness (QED) is 0.740. The van der Waals surface area contributed by atoms with Crippen LogP contribution in [0.1, 0.15) is 57.8 Å².